The van der Waals surface area contributed by atoms with Crippen molar-refractivity contribution in [3.05, 3.63) is 24.2 Å². The molecule has 4 atom stereocenters. The second-order valence-electron chi connectivity index (χ2n) is 5.03. The van der Waals surface area contributed by atoms with E-state index >= 15 is 0 Å². The molecule has 2 N–H and O–H groups in total. The maximum Gasteiger partial charge on any atom is 0.254 e. The van der Waals surface area contributed by atoms with Gasteiger partial charge in [-0.1, -0.05) is 0 Å². The largest absolute Gasteiger partial charge is 0.472 e. The lowest BCUT2D eigenvalue weighted by molar-refractivity contribution is -0.123. The van der Waals surface area contributed by atoms with Gasteiger partial charge in [-0.3, -0.25) is 9.59 Å². The number of fused-ring (bicyclic) bond motifs is 1. The van der Waals surface area contributed by atoms with Crippen molar-refractivity contribution in [3.63, 3.8) is 0 Å². The van der Waals surface area contributed by atoms with Crippen LogP contribution in [-0.4, -0.2) is 36.6 Å². The molecular formula is C13H16N2O4. The Morgan fingerprint density at radius 1 is 1.32 bits per heavy atom. The van der Waals surface area contributed by atoms with Crippen molar-refractivity contribution >= 4 is 11.8 Å². The van der Waals surface area contributed by atoms with Crippen LogP contribution in [0.2, 0.25) is 0 Å². The molecule has 6 heteroatoms. The standard InChI is InChI=1S/C13H16N2O4/c1-7(16)14-11-10(9-3-5-19-12(9)11)15-13(17)8-2-4-18-6-8/h2,4,6,9-12H,3,5H2,1H3,(H,14,16)(H,15,17)/t9-,10+,11-,12-/m1/s1. The average Bonchev–Trinajstić information content (AvgIpc) is 3.02. The number of ether oxygens (including phenoxy) is 1. The molecule has 1 saturated heterocycles. The summed E-state index contributed by atoms with van der Waals surface area (Å²) in [6.45, 7) is 2.15. The zero-order chi connectivity index (χ0) is 13.4. The number of carbonyl (C=O) groups is 2. The van der Waals surface area contributed by atoms with E-state index in [2.05, 4.69) is 10.6 Å². The third-order valence-electron chi connectivity index (χ3n) is 3.84. The van der Waals surface area contributed by atoms with Gasteiger partial charge in [0, 0.05) is 19.4 Å². The van der Waals surface area contributed by atoms with E-state index in [-0.39, 0.29) is 35.9 Å². The monoisotopic (exact) mass is 264 g/mol. The highest BCUT2D eigenvalue weighted by atomic mass is 16.5. The number of amides is 2. The second-order valence-corrected chi connectivity index (χ2v) is 5.03. The summed E-state index contributed by atoms with van der Waals surface area (Å²) in [7, 11) is 0. The summed E-state index contributed by atoms with van der Waals surface area (Å²) in [5.41, 5.74) is 0.490. The molecule has 0 bridgehead atoms. The van der Waals surface area contributed by atoms with Crippen molar-refractivity contribution in [1.82, 2.24) is 10.6 Å². The number of nitrogens with one attached hydrogen (secondary N) is 2. The molecule has 0 unspecified atom stereocenters. The molecule has 1 aromatic heterocycles. The quantitative estimate of drug-likeness (QED) is 0.823. The number of hydrogen-bond donors (Lipinski definition) is 2. The maximum absolute atomic E-state index is 12.0. The summed E-state index contributed by atoms with van der Waals surface area (Å²) in [5, 5.41) is 5.80. The van der Waals surface area contributed by atoms with E-state index < -0.39 is 0 Å². The number of rotatable bonds is 3. The number of hydrogen-bond acceptors (Lipinski definition) is 4. The van der Waals surface area contributed by atoms with Crippen LogP contribution in [0.25, 0.3) is 0 Å². The van der Waals surface area contributed by atoms with Crippen LogP contribution in [0.3, 0.4) is 0 Å². The summed E-state index contributed by atoms with van der Waals surface area (Å²) < 4.78 is 10.5. The molecule has 3 rings (SSSR count). The van der Waals surface area contributed by atoms with Gasteiger partial charge < -0.3 is 19.8 Å². The smallest absolute Gasteiger partial charge is 0.254 e. The van der Waals surface area contributed by atoms with Crippen molar-refractivity contribution in [1.29, 1.82) is 0 Å². The molecule has 0 radical (unpaired) electrons. The molecule has 2 aliphatic rings. The fourth-order valence-electron chi connectivity index (χ4n) is 2.94. The lowest BCUT2D eigenvalue weighted by Gasteiger charge is -2.47. The normalized spacial score (nSPS) is 32.3. The van der Waals surface area contributed by atoms with Crippen molar-refractivity contribution < 1.29 is 18.7 Å². The molecular weight excluding hydrogens is 248 g/mol. The van der Waals surface area contributed by atoms with Gasteiger partial charge in [-0.15, -0.1) is 0 Å². The summed E-state index contributed by atoms with van der Waals surface area (Å²) in [4.78, 5) is 23.2. The van der Waals surface area contributed by atoms with E-state index in [1.807, 2.05) is 0 Å². The number of carbonyl (C=O) groups excluding carboxylic acids is 2. The van der Waals surface area contributed by atoms with E-state index in [4.69, 9.17) is 9.15 Å². The molecule has 102 valence electrons. The zero-order valence-corrected chi connectivity index (χ0v) is 10.6. The van der Waals surface area contributed by atoms with Crippen LogP contribution in [0.5, 0.6) is 0 Å². The van der Waals surface area contributed by atoms with Gasteiger partial charge in [0.1, 0.15) is 6.26 Å². The fourth-order valence-corrected chi connectivity index (χ4v) is 2.94. The van der Waals surface area contributed by atoms with Gasteiger partial charge in [0.2, 0.25) is 5.91 Å². The fraction of sp³-hybridized carbons (Fsp3) is 0.538. The molecule has 2 heterocycles. The first-order valence-electron chi connectivity index (χ1n) is 6.38. The minimum atomic E-state index is -0.181. The van der Waals surface area contributed by atoms with Crippen LogP contribution >= 0.6 is 0 Å². The van der Waals surface area contributed by atoms with E-state index in [0.717, 1.165) is 6.42 Å². The van der Waals surface area contributed by atoms with Crippen molar-refractivity contribution in [2.45, 2.75) is 31.5 Å². The molecule has 19 heavy (non-hydrogen) atoms. The first kappa shape index (κ1) is 12.2. The Morgan fingerprint density at radius 3 is 2.84 bits per heavy atom. The van der Waals surface area contributed by atoms with Crippen LogP contribution in [-0.2, 0) is 9.53 Å². The number of furan rings is 1. The predicted octanol–water partition coefficient (Wildman–Crippen LogP) is 0.301. The van der Waals surface area contributed by atoms with Gasteiger partial charge in [0.25, 0.3) is 5.91 Å². The summed E-state index contributed by atoms with van der Waals surface area (Å²) in [6, 6.07) is 1.41. The highest BCUT2D eigenvalue weighted by Crippen LogP contribution is 2.39. The van der Waals surface area contributed by atoms with Crippen LogP contribution in [0.15, 0.2) is 23.0 Å². The highest BCUT2D eigenvalue weighted by Gasteiger charge is 2.54. The van der Waals surface area contributed by atoms with E-state index in [9.17, 15) is 9.59 Å². The van der Waals surface area contributed by atoms with Gasteiger partial charge in [-0.2, -0.15) is 0 Å². The van der Waals surface area contributed by atoms with Crippen LogP contribution < -0.4 is 10.6 Å². The van der Waals surface area contributed by atoms with Crippen molar-refractivity contribution in [2.24, 2.45) is 5.92 Å². The first-order chi connectivity index (χ1) is 9.16. The maximum atomic E-state index is 12.0. The Balaban J connectivity index is 1.68. The zero-order valence-electron chi connectivity index (χ0n) is 10.6. The Hall–Kier alpha value is -1.82. The Kier molecular flexibility index (Phi) is 3.02. The molecule has 2 fully saturated rings. The third kappa shape index (κ3) is 2.12. The third-order valence-corrected chi connectivity index (χ3v) is 3.84. The molecule has 0 spiro atoms. The summed E-state index contributed by atoms with van der Waals surface area (Å²) in [6.07, 6.45) is 3.81. The van der Waals surface area contributed by atoms with Gasteiger partial charge >= 0.3 is 0 Å². The first-order valence-corrected chi connectivity index (χ1v) is 6.38. The molecule has 2 amide bonds. The van der Waals surface area contributed by atoms with Gasteiger partial charge in [-0.05, 0) is 12.5 Å². The van der Waals surface area contributed by atoms with Gasteiger partial charge in [-0.25, -0.2) is 0 Å². The van der Waals surface area contributed by atoms with E-state index in [1.165, 1.54) is 19.5 Å². The lowest BCUT2D eigenvalue weighted by Crippen LogP contribution is -2.70. The Morgan fingerprint density at radius 2 is 2.16 bits per heavy atom. The molecule has 0 aromatic carbocycles. The SMILES string of the molecule is CC(=O)N[C@@H]1[C@@H](NC(=O)c2ccoc2)[C@H]2CCO[C@H]21. The van der Waals surface area contributed by atoms with Crippen molar-refractivity contribution in [2.75, 3.05) is 6.61 Å². The summed E-state index contributed by atoms with van der Waals surface area (Å²) >= 11 is 0. The summed E-state index contributed by atoms with van der Waals surface area (Å²) in [5.74, 6) is -0.00587. The van der Waals surface area contributed by atoms with Gasteiger partial charge in [0.15, 0.2) is 0 Å². The van der Waals surface area contributed by atoms with Crippen LogP contribution in [0.1, 0.15) is 23.7 Å². The minimum absolute atomic E-state index is 0.0264. The molecule has 1 aliphatic heterocycles. The molecule has 1 aromatic rings. The van der Waals surface area contributed by atoms with Crippen LogP contribution in [0, 0.1) is 5.92 Å². The Labute approximate surface area is 110 Å². The molecule has 1 saturated carbocycles. The van der Waals surface area contributed by atoms with E-state index in [0.29, 0.717) is 12.2 Å². The van der Waals surface area contributed by atoms with Crippen LogP contribution in [0.4, 0.5) is 0 Å². The predicted molar refractivity (Wildman–Crippen MR) is 65.4 cm³/mol. The van der Waals surface area contributed by atoms with E-state index in [1.54, 1.807) is 6.07 Å². The molecule has 1 aliphatic carbocycles. The second kappa shape index (κ2) is 4.70. The van der Waals surface area contributed by atoms with Crippen molar-refractivity contribution in [3.8, 4) is 0 Å². The highest BCUT2D eigenvalue weighted by molar-refractivity contribution is 5.94. The molecule has 6 nitrogen and oxygen atoms in total. The lowest BCUT2D eigenvalue weighted by atomic mass is 9.71. The Bertz CT molecular complexity index is 485. The minimum Gasteiger partial charge on any atom is -0.472 e. The topological polar surface area (TPSA) is 80.6 Å². The average molecular weight is 264 g/mol. The van der Waals surface area contributed by atoms with Gasteiger partial charge in [0.05, 0.1) is 30.0 Å².